The van der Waals surface area contributed by atoms with Crippen molar-refractivity contribution in [1.82, 2.24) is 9.62 Å². The van der Waals surface area contributed by atoms with Crippen molar-refractivity contribution in [3.63, 3.8) is 0 Å². The molecule has 1 unspecified atom stereocenters. The molecule has 0 radical (unpaired) electrons. The summed E-state index contributed by atoms with van der Waals surface area (Å²) in [5.74, 6) is -0.127. The number of hydrogen-bond donors (Lipinski definition) is 4. The van der Waals surface area contributed by atoms with E-state index in [1.165, 1.54) is 0 Å². The van der Waals surface area contributed by atoms with Gasteiger partial charge in [-0.15, -0.1) is 0 Å². The zero-order chi connectivity index (χ0) is 35.1. The van der Waals surface area contributed by atoms with Crippen LogP contribution in [0.2, 0.25) is 0 Å². The highest BCUT2D eigenvalue weighted by molar-refractivity contribution is 7.89. The summed E-state index contributed by atoms with van der Waals surface area (Å²) >= 11 is 0. The number of rotatable bonds is 13. The molecule has 4 N–H and O–H groups in total. The molecule has 0 saturated carbocycles. The predicted molar refractivity (Wildman–Crippen MR) is 190 cm³/mol. The van der Waals surface area contributed by atoms with Gasteiger partial charge < -0.3 is 29.7 Å². The molecule has 1 fully saturated rings. The van der Waals surface area contributed by atoms with E-state index in [1.807, 2.05) is 78.7 Å². The number of sulfonamides is 1. The third-order valence-electron chi connectivity index (χ3n) is 8.97. The van der Waals surface area contributed by atoms with Gasteiger partial charge in [-0.3, -0.25) is 0 Å². The molecule has 5 atom stereocenters. The number of ether oxygens (including phenoxy) is 2. The van der Waals surface area contributed by atoms with Crippen LogP contribution < -0.4 is 4.72 Å². The van der Waals surface area contributed by atoms with Crippen LogP contribution in [0.25, 0.3) is 0 Å². The number of aliphatic hydroxyl groups is 2. The van der Waals surface area contributed by atoms with Gasteiger partial charge >= 0.3 is 0 Å². The van der Waals surface area contributed by atoms with Gasteiger partial charge in [0.05, 0.1) is 29.8 Å². The molecule has 50 heavy (non-hydrogen) atoms. The summed E-state index contributed by atoms with van der Waals surface area (Å²) in [6, 6.07) is 40.2. The van der Waals surface area contributed by atoms with Gasteiger partial charge in [0, 0.05) is 31.1 Å². The molecule has 0 aliphatic carbocycles. The second-order valence-corrected chi connectivity index (χ2v) is 14.4. The Morgan fingerprint density at radius 2 is 1.40 bits per heavy atom. The van der Waals surface area contributed by atoms with E-state index in [-0.39, 0.29) is 35.8 Å². The number of aromatic hydroxyl groups is 1. The lowest BCUT2D eigenvalue weighted by atomic mass is 9.83. The average molecular weight is 695 g/mol. The molecular weight excluding hydrogens is 653 g/mol. The number of benzene rings is 5. The van der Waals surface area contributed by atoms with Crippen molar-refractivity contribution in [3.8, 4) is 5.75 Å². The van der Waals surface area contributed by atoms with Crippen LogP contribution in [-0.2, 0) is 32.6 Å². The van der Waals surface area contributed by atoms with Crippen LogP contribution in [0.4, 0.5) is 0 Å². The molecule has 260 valence electrons. The lowest BCUT2D eigenvalue weighted by Crippen LogP contribution is -2.44. The Bertz CT molecular complexity index is 1920. The summed E-state index contributed by atoms with van der Waals surface area (Å²) in [5.41, 5.74) is 4.94. The van der Waals surface area contributed by atoms with Gasteiger partial charge in [0.2, 0.25) is 10.0 Å². The third kappa shape index (κ3) is 8.66. The number of phenolic OH excluding ortho intramolecular Hbond substituents is 1. The Morgan fingerprint density at radius 1 is 0.760 bits per heavy atom. The van der Waals surface area contributed by atoms with Crippen molar-refractivity contribution in [1.29, 1.82) is 0 Å². The lowest BCUT2D eigenvalue weighted by Gasteiger charge is -2.44. The van der Waals surface area contributed by atoms with Crippen molar-refractivity contribution in [2.75, 3.05) is 20.1 Å². The molecule has 5 aromatic carbocycles. The molecule has 0 aromatic heterocycles. The Morgan fingerprint density at radius 3 is 2.06 bits per heavy atom. The third-order valence-corrected chi connectivity index (χ3v) is 10.4. The zero-order valence-electron chi connectivity index (χ0n) is 27.7. The largest absolute Gasteiger partial charge is 0.508 e. The van der Waals surface area contributed by atoms with Crippen LogP contribution in [0.1, 0.15) is 57.8 Å². The van der Waals surface area contributed by atoms with E-state index in [9.17, 15) is 23.7 Å². The summed E-state index contributed by atoms with van der Waals surface area (Å²) in [7, 11) is -1.73. The van der Waals surface area contributed by atoms with Crippen molar-refractivity contribution < 1.29 is 33.2 Å². The van der Waals surface area contributed by atoms with Crippen molar-refractivity contribution in [2.45, 2.75) is 48.6 Å². The second kappa shape index (κ2) is 16.1. The van der Waals surface area contributed by atoms with Gasteiger partial charge in [-0.2, -0.15) is 0 Å². The minimum atomic E-state index is -3.66. The van der Waals surface area contributed by atoms with E-state index < -0.39 is 28.5 Å². The van der Waals surface area contributed by atoms with Crippen molar-refractivity contribution >= 4 is 10.0 Å². The van der Waals surface area contributed by atoms with Crippen molar-refractivity contribution in [3.05, 3.63) is 167 Å². The summed E-state index contributed by atoms with van der Waals surface area (Å²) in [4.78, 5) is 2.23. The fraction of sp³-hybridized carbons (Fsp3) is 0.250. The first-order valence-corrected chi connectivity index (χ1v) is 18.0. The molecule has 0 bridgehead atoms. The van der Waals surface area contributed by atoms with Crippen LogP contribution in [0, 0.1) is 0 Å². The Kier molecular flexibility index (Phi) is 11.4. The molecule has 9 nitrogen and oxygen atoms in total. The normalized spacial score (nSPS) is 20.1. The maximum Gasteiger partial charge on any atom is 0.240 e. The monoisotopic (exact) mass is 694 g/mol. The molecule has 1 aliphatic heterocycles. The summed E-state index contributed by atoms with van der Waals surface area (Å²) in [6.07, 6.45) is -2.37. The number of nitrogens with one attached hydrogen (secondary N) is 1. The fourth-order valence-corrected chi connectivity index (χ4v) is 7.37. The number of hydrogen-bond acceptors (Lipinski definition) is 8. The molecule has 6 rings (SSSR count). The average Bonchev–Trinajstić information content (AvgIpc) is 3.14. The number of likely N-dealkylation sites (N-methyl/N-ethyl adjacent to an activating group) is 1. The van der Waals surface area contributed by atoms with Gasteiger partial charge in [-0.25, -0.2) is 13.1 Å². The van der Waals surface area contributed by atoms with Crippen LogP contribution in [0.15, 0.2) is 138 Å². The smallest absolute Gasteiger partial charge is 0.240 e. The van der Waals surface area contributed by atoms with E-state index in [0.29, 0.717) is 18.7 Å². The first-order valence-electron chi connectivity index (χ1n) is 16.5. The van der Waals surface area contributed by atoms with Crippen LogP contribution in [0.3, 0.4) is 0 Å². The van der Waals surface area contributed by atoms with Gasteiger partial charge in [0.25, 0.3) is 0 Å². The summed E-state index contributed by atoms with van der Waals surface area (Å²) < 4.78 is 41.8. The van der Waals surface area contributed by atoms with Gasteiger partial charge in [-0.1, -0.05) is 109 Å². The minimum absolute atomic E-state index is 0.0670. The predicted octanol–water partition coefficient (Wildman–Crippen LogP) is 5.97. The first-order chi connectivity index (χ1) is 24.2. The van der Waals surface area contributed by atoms with E-state index in [1.54, 1.807) is 54.6 Å². The summed E-state index contributed by atoms with van der Waals surface area (Å²) in [5, 5.41) is 30.7. The van der Waals surface area contributed by atoms with Gasteiger partial charge in [0.1, 0.15) is 5.75 Å². The zero-order valence-corrected chi connectivity index (χ0v) is 28.6. The van der Waals surface area contributed by atoms with Gasteiger partial charge in [-0.05, 0) is 59.1 Å². The molecular formula is C40H42N2O7S. The van der Waals surface area contributed by atoms with Crippen LogP contribution in [-0.4, -0.2) is 54.9 Å². The second-order valence-electron chi connectivity index (χ2n) is 12.6. The van der Waals surface area contributed by atoms with E-state index in [4.69, 9.17) is 9.47 Å². The highest BCUT2D eigenvalue weighted by Crippen LogP contribution is 2.47. The molecule has 0 spiro atoms. The maximum atomic E-state index is 12.8. The quantitative estimate of drug-likeness (QED) is 0.119. The van der Waals surface area contributed by atoms with E-state index in [0.717, 1.165) is 27.8 Å². The Hall–Kier alpha value is -4.39. The highest BCUT2D eigenvalue weighted by Gasteiger charge is 2.42. The molecule has 10 heteroatoms. The summed E-state index contributed by atoms with van der Waals surface area (Å²) in [6.45, 7) is 0.816. The standard InChI is InChI=1S/C40H42N2O7S/c1-42(25-36(45)33-11-8-12-34(44)23-33)26-37-38(30-9-4-2-5-10-30)39(31-19-17-29(27-43)18-20-31)49-40(48-37)32-21-15-28(16-22-32)24-41-50(46,47)35-13-6-3-7-14-35/h2-23,36-41,43-45H,24-27H2,1H3/t36-,37-,38-,39+,40?/m1/s1. The molecule has 1 aliphatic rings. The van der Waals surface area contributed by atoms with Gasteiger partial charge in [0.15, 0.2) is 6.29 Å². The SMILES string of the molecule is CN(C[C@@H](O)c1cccc(O)c1)C[C@H]1OC(c2ccc(CNS(=O)(=O)c3ccccc3)cc2)O[C@@H](c2ccc(CO)cc2)[C@@H]1c1ccccc1. The first kappa shape index (κ1) is 35.4. The molecule has 1 saturated heterocycles. The van der Waals surface area contributed by atoms with Crippen LogP contribution in [0.5, 0.6) is 5.75 Å². The number of phenols is 1. The molecule has 5 aromatic rings. The highest BCUT2D eigenvalue weighted by atomic mass is 32.2. The molecule has 0 amide bonds. The minimum Gasteiger partial charge on any atom is -0.508 e. The molecule has 1 heterocycles. The van der Waals surface area contributed by atoms with E-state index >= 15 is 0 Å². The Balaban J connectivity index is 1.27. The topological polar surface area (TPSA) is 129 Å². The number of aliphatic hydroxyl groups excluding tert-OH is 2. The van der Waals surface area contributed by atoms with E-state index in [2.05, 4.69) is 16.9 Å². The lowest BCUT2D eigenvalue weighted by molar-refractivity contribution is -0.263. The Labute approximate surface area is 293 Å². The van der Waals surface area contributed by atoms with Crippen molar-refractivity contribution in [2.24, 2.45) is 0 Å². The van der Waals surface area contributed by atoms with Crippen LogP contribution >= 0.6 is 0 Å². The number of nitrogens with zero attached hydrogens (tertiary/aromatic N) is 1. The fourth-order valence-electron chi connectivity index (χ4n) is 6.33. The maximum absolute atomic E-state index is 12.8.